The molecule has 20 heavy (non-hydrogen) atoms. The SMILES string of the molecule is COc1cccc(OC(F)F)c1C(=O)c1cccnc1. The van der Waals surface area contributed by atoms with Gasteiger partial charge >= 0.3 is 6.61 Å². The zero-order chi connectivity index (χ0) is 14.5. The van der Waals surface area contributed by atoms with E-state index >= 15 is 0 Å². The molecule has 0 atom stereocenters. The van der Waals surface area contributed by atoms with Crippen LogP contribution in [0.1, 0.15) is 15.9 Å². The molecule has 0 N–H and O–H groups in total. The summed E-state index contributed by atoms with van der Waals surface area (Å²) in [5.74, 6) is -0.559. The first-order valence-electron chi connectivity index (χ1n) is 5.70. The van der Waals surface area contributed by atoms with E-state index in [1.807, 2.05) is 0 Å². The first kappa shape index (κ1) is 13.9. The lowest BCUT2D eigenvalue weighted by molar-refractivity contribution is -0.0502. The van der Waals surface area contributed by atoms with Crippen molar-refractivity contribution in [2.24, 2.45) is 0 Å². The Balaban J connectivity index is 2.50. The number of carbonyl (C=O) groups excluding carboxylic acids is 1. The van der Waals surface area contributed by atoms with E-state index in [4.69, 9.17) is 4.74 Å². The highest BCUT2D eigenvalue weighted by Gasteiger charge is 2.22. The highest BCUT2D eigenvalue weighted by molar-refractivity contribution is 6.12. The molecule has 0 aliphatic carbocycles. The van der Waals surface area contributed by atoms with Crippen LogP contribution >= 0.6 is 0 Å². The molecule has 1 aromatic heterocycles. The number of benzene rings is 1. The van der Waals surface area contributed by atoms with Gasteiger partial charge in [-0.2, -0.15) is 8.78 Å². The predicted molar refractivity (Wildman–Crippen MR) is 67.3 cm³/mol. The van der Waals surface area contributed by atoms with E-state index in [0.717, 1.165) is 0 Å². The second-order valence-electron chi connectivity index (χ2n) is 3.78. The molecule has 0 amide bonds. The van der Waals surface area contributed by atoms with E-state index in [0.29, 0.717) is 0 Å². The van der Waals surface area contributed by atoms with Crippen molar-refractivity contribution in [3.8, 4) is 11.5 Å². The molecule has 0 aliphatic rings. The number of aromatic nitrogens is 1. The molecule has 2 rings (SSSR count). The Labute approximate surface area is 114 Å². The van der Waals surface area contributed by atoms with E-state index in [1.165, 1.54) is 43.8 Å². The summed E-state index contributed by atoms with van der Waals surface area (Å²) in [6.45, 7) is -3.03. The van der Waals surface area contributed by atoms with Crippen molar-refractivity contribution in [2.75, 3.05) is 7.11 Å². The molecule has 6 heteroatoms. The van der Waals surface area contributed by atoms with Crippen LogP contribution in [0.3, 0.4) is 0 Å². The lowest BCUT2D eigenvalue weighted by Crippen LogP contribution is -2.10. The zero-order valence-corrected chi connectivity index (χ0v) is 10.5. The number of ether oxygens (including phenoxy) is 2. The number of carbonyl (C=O) groups is 1. The number of methoxy groups -OCH3 is 1. The molecule has 1 aromatic carbocycles. The van der Waals surface area contributed by atoms with E-state index < -0.39 is 12.4 Å². The minimum Gasteiger partial charge on any atom is -0.496 e. The number of hydrogen-bond acceptors (Lipinski definition) is 4. The normalized spacial score (nSPS) is 10.4. The van der Waals surface area contributed by atoms with E-state index in [-0.39, 0.29) is 22.6 Å². The molecule has 0 fully saturated rings. The van der Waals surface area contributed by atoms with Crippen molar-refractivity contribution in [2.45, 2.75) is 6.61 Å². The zero-order valence-electron chi connectivity index (χ0n) is 10.5. The van der Waals surface area contributed by atoms with Crippen LogP contribution in [0.25, 0.3) is 0 Å². The van der Waals surface area contributed by atoms with Crippen LogP contribution in [0.4, 0.5) is 8.78 Å². The summed E-state index contributed by atoms with van der Waals surface area (Å²) in [6, 6.07) is 7.38. The Kier molecular flexibility index (Phi) is 4.24. The topological polar surface area (TPSA) is 48.4 Å². The number of alkyl halides is 2. The standard InChI is InChI=1S/C14H11F2NO3/c1-19-10-5-2-6-11(20-14(15)16)12(10)13(18)9-4-3-7-17-8-9/h2-8,14H,1H3. The third kappa shape index (κ3) is 2.90. The molecule has 0 aliphatic heterocycles. The van der Waals surface area contributed by atoms with Gasteiger partial charge in [-0.1, -0.05) is 6.07 Å². The summed E-state index contributed by atoms with van der Waals surface area (Å²) >= 11 is 0. The van der Waals surface area contributed by atoms with Crippen LogP contribution in [-0.4, -0.2) is 24.5 Å². The second-order valence-corrected chi connectivity index (χ2v) is 3.78. The van der Waals surface area contributed by atoms with Gasteiger partial charge in [0.05, 0.1) is 7.11 Å². The summed E-state index contributed by atoms with van der Waals surface area (Å²) in [5.41, 5.74) is 0.208. The molecule has 0 spiro atoms. The first-order valence-corrected chi connectivity index (χ1v) is 5.70. The number of nitrogens with zero attached hydrogens (tertiary/aromatic N) is 1. The number of halogens is 2. The average Bonchev–Trinajstić information content (AvgIpc) is 2.46. The summed E-state index contributed by atoms with van der Waals surface area (Å²) in [7, 11) is 1.35. The maximum absolute atomic E-state index is 12.4. The van der Waals surface area contributed by atoms with E-state index in [1.54, 1.807) is 6.07 Å². The Hall–Kier alpha value is -2.50. The van der Waals surface area contributed by atoms with Crippen molar-refractivity contribution >= 4 is 5.78 Å². The van der Waals surface area contributed by atoms with Crippen molar-refractivity contribution in [1.29, 1.82) is 0 Å². The molecule has 0 saturated carbocycles. The molecule has 0 radical (unpaired) electrons. The minimum atomic E-state index is -3.03. The van der Waals surface area contributed by atoms with Gasteiger partial charge in [0.1, 0.15) is 17.1 Å². The lowest BCUT2D eigenvalue weighted by Gasteiger charge is -2.13. The fraction of sp³-hybridized carbons (Fsp3) is 0.143. The Morgan fingerprint density at radius 2 is 1.95 bits per heavy atom. The molecule has 0 saturated heterocycles. The number of rotatable bonds is 5. The molecule has 1 heterocycles. The van der Waals surface area contributed by atoms with E-state index in [9.17, 15) is 13.6 Å². The summed E-state index contributed by atoms with van der Waals surface area (Å²) in [4.78, 5) is 16.2. The molecular weight excluding hydrogens is 268 g/mol. The van der Waals surface area contributed by atoms with E-state index in [2.05, 4.69) is 9.72 Å². The predicted octanol–water partition coefficient (Wildman–Crippen LogP) is 2.92. The molecule has 0 unspecified atom stereocenters. The van der Waals surface area contributed by atoms with Crippen LogP contribution in [0, 0.1) is 0 Å². The third-order valence-electron chi connectivity index (χ3n) is 2.57. The summed E-state index contributed by atoms with van der Waals surface area (Å²) in [6.07, 6.45) is 2.86. The maximum Gasteiger partial charge on any atom is 0.387 e. The van der Waals surface area contributed by atoms with Gasteiger partial charge in [-0.15, -0.1) is 0 Å². The van der Waals surface area contributed by atoms with Crippen LogP contribution in [0.2, 0.25) is 0 Å². The lowest BCUT2D eigenvalue weighted by atomic mass is 10.0. The molecule has 4 nitrogen and oxygen atoms in total. The molecule has 2 aromatic rings. The van der Waals surface area contributed by atoms with Crippen molar-refractivity contribution in [3.63, 3.8) is 0 Å². The minimum absolute atomic E-state index is 0.0525. The van der Waals surface area contributed by atoms with Gasteiger partial charge in [0.15, 0.2) is 0 Å². The van der Waals surface area contributed by atoms with Crippen molar-refractivity contribution in [3.05, 3.63) is 53.9 Å². The summed E-state index contributed by atoms with van der Waals surface area (Å²) in [5, 5.41) is 0. The smallest absolute Gasteiger partial charge is 0.387 e. The summed E-state index contributed by atoms with van der Waals surface area (Å²) < 4.78 is 34.3. The highest BCUT2D eigenvalue weighted by atomic mass is 19.3. The number of pyridine rings is 1. The van der Waals surface area contributed by atoms with Crippen LogP contribution in [0.15, 0.2) is 42.7 Å². The molecule has 104 valence electrons. The third-order valence-corrected chi connectivity index (χ3v) is 2.57. The van der Waals surface area contributed by atoms with Crippen molar-refractivity contribution in [1.82, 2.24) is 4.98 Å². The Morgan fingerprint density at radius 1 is 1.20 bits per heavy atom. The van der Waals surface area contributed by atoms with Gasteiger partial charge in [-0.25, -0.2) is 0 Å². The largest absolute Gasteiger partial charge is 0.496 e. The van der Waals surface area contributed by atoms with Gasteiger partial charge < -0.3 is 9.47 Å². The first-order chi connectivity index (χ1) is 9.63. The van der Waals surface area contributed by atoms with Gasteiger partial charge in [-0.3, -0.25) is 9.78 Å². The molecule has 0 bridgehead atoms. The molecular formula is C14H11F2NO3. The van der Waals surface area contributed by atoms with Crippen LogP contribution in [-0.2, 0) is 0 Å². The Bertz CT molecular complexity index is 603. The van der Waals surface area contributed by atoms with Gasteiger partial charge in [0, 0.05) is 18.0 Å². The van der Waals surface area contributed by atoms with Gasteiger partial charge in [0.2, 0.25) is 5.78 Å². The highest BCUT2D eigenvalue weighted by Crippen LogP contribution is 2.31. The maximum atomic E-state index is 12.4. The van der Waals surface area contributed by atoms with Gasteiger partial charge in [0.25, 0.3) is 0 Å². The monoisotopic (exact) mass is 279 g/mol. The van der Waals surface area contributed by atoms with Crippen molar-refractivity contribution < 1.29 is 23.0 Å². The van der Waals surface area contributed by atoms with Crippen LogP contribution < -0.4 is 9.47 Å². The van der Waals surface area contributed by atoms with Gasteiger partial charge in [-0.05, 0) is 24.3 Å². The fourth-order valence-corrected chi connectivity index (χ4v) is 1.74. The quantitative estimate of drug-likeness (QED) is 0.790. The number of hydrogen-bond donors (Lipinski definition) is 0. The Morgan fingerprint density at radius 3 is 2.55 bits per heavy atom. The fourth-order valence-electron chi connectivity index (χ4n) is 1.74. The second kappa shape index (κ2) is 6.10. The average molecular weight is 279 g/mol. The number of ketones is 1. The van der Waals surface area contributed by atoms with Crippen LogP contribution in [0.5, 0.6) is 11.5 Å².